The maximum absolute atomic E-state index is 11.4. The van der Waals surface area contributed by atoms with Crippen LogP contribution < -0.4 is 11.1 Å². The molecule has 1 aliphatic rings. The number of allylic oxidation sites excluding steroid dienone is 2. The number of amides is 1. The van der Waals surface area contributed by atoms with Crippen LogP contribution in [0.25, 0.3) is 5.57 Å². The van der Waals surface area contributed by atoms with Crippen LogP contribution in [0.2, 0.25) is 0 Å². The first-order chi connectivity index (χ1) is 9.38. The average Bonchev–Trinajstić information content (AvgIpc) is 2.38. The van der Waals surface area contributed by atoms with Crippen LogP contribution in [0.4, 0.5) is 5.69 Å². The Morgan fingerprint density at radius 2 is 2.05 bits per heavy atom. The van der Waals surface area contributed by atoms with Crippen LogP contribution in [-0.2, 0) is 10.3 Å². The van der Waals surface area contributed by atoms with E-state index in [-0.39, 0.29) is 11.4 Å². The Morgan fingerprint density at radius 1 is 1.30 bits per heavy atom. The fraction of sp³-hybridized carbons (Fsp3) is 0.471. The van der Waals surface area contributed by atoms with Crippen LogP contribution in [0, 0.1) is 0 Å². The standard InChI is InChI=1S/C17H24N2O/c1-12(20)19-16-10-9-14(17(2,3)18)11-15(16)13-7-5-4-6-8-13/h7,9-11H,4-6,8,18H2,1-3H3,(H,19,20). The second-order valence-corrected chi connectivity index (χ2v) is 6.14. The number of carbonyl (C=O) groups is 1. The summed E-state index contributed by atoms with van der Waals surface area (Å²) in [5, 5.41) is 2.93. The molecule has 0 atom stereocenters. The van der Waals surface area contributed by atoms with E-state index in [0.717, 1.165) is 29.7 Å². The van der Waals surface area contributed by atoms with Gasteiger partial charge in [0.05, 0.1) is 0 Å². The Labute approximate surface area is 121 Å². The monoisotopic (exact) mass is 272 g/mol. The zero-order valence-corrected chi connectivity index (χ0v) is 12.6. The van der Waals surface area contributed by atoms with Crippen molar-refractivity contribution in [3.8, 4) is 0 Å². The van der Waals surface area contributed by atoms with Crippen LogP contribution in [0.15, 0.2) is 24.3 Å². The molecule has 0 aliphatic heterocycles. The number of hydrogen-bond acceptors (Lipinski definition) is 2. The van der Waals surface area contributed by atoms with Crippen LogP contribution in [0.5, 0.6) is 0 Å². The highest BCUT2D eigenvalue weighted by molar-refractivity contribution is 5.93. The normalized spacial score (nSPS) is 15.7. The Kier molecular flexibility index (Phi) is 4.29. The number of anilines is 1. The molecule has 3 heteroatoms. The molecule has 3 nitrogen and oxygen atoms in total. The zero-order chi connectivity index (χ0) is 14.8. The highest BCUT2D eigenvalue weighted by Crippen LogP contribution is 2.34. The minimum atomic E-state index is -0.376. The van der Waals surface area contributed by atoms with Gasteiger partial charge in [-0.1, -0.05) is 12.1 Å². The van der Waals surface area contributed by atoms with E-state index in [1.54, 1.807) is 6.92 Å². The van der Waals surface area contributed by atoms with Gasteiger partial charge in [0.25, 0.3) is 0 Å². The predicted octanol–water partition coefficient (Wildman–Crippen LogP) is 3.80. The minimum absolute atomic E-state index is 0.0394. The van der Waals surface area contributed by atoms with Gasteiger partial charge in [-0.15, -0.1) is 0 Å². The van der Waals surface area contributed by atoms with Gasteiger partial charge in [0.15, 0.2) is 0 Å². The van der Waals surface area contributed by atoms with Gasteiger partial charge in [-0.2, -0.15) is 0 Å². The maximum atomic E-state index is 11.4. The first-order valence-corrected chi connectivity index (χ1v) is 7.28. The molecule has 0 aromatic heterocycles. The number of carbonyl (C=O) groups excluding carboxylic acids is 1. The molecule has 108 valence electrons. The lowest BCUT2D eigenvalue weighted by Crippen LogP contribution is -2.28. The van der Waals surface area contributed by atoms with E-state index in [1.807, 2.05) is 26.0 Å². The summed E-state index contributed by atoms with van der Waals surface area (Å²) in [6, 6.07) is 6.09. The van der Waals surface area contributed by atoms with Crippen molar-refractivity contribution >= 4 is 17.2 Å². The molecule has 0 heterocycles. The van der Waals surface area contributed by atoms with Crippen LogP contribution >= 0.6 is 0 Å². The van der Waals surface area contributed by atoms with E-state index in [0.29, 0.717) is 0 Å². The van der Waals surface area contributed by atoms with Crippen molar-refractivity contribution in [2.24, 2.45) is 5.73 Å². The van der Waals surface area contributed by atoms with Crippen molar-refractivity contribution in [2.45, 2.75) is 52.0 Å². The number of nitrogens with two attached hydrogens (primary N) is 1. The highest BCUT2D eigenvalue weighted by atomic mass is 16.1. The van der Waals surface area contributed by atoms with Crippen molar-refractivity contribution < 1.29 is 4.79 Å². The van der Waals surface area contributed by atoms with Gasteiger partial charge in [-0.05, 0) is 62.8 Å². The van der Waals surface area contributed by atoms with Gasteiger partial charge in [-0.25, -0.2) is 0 Å². The van der Waals surface area contributed by atoms with E-state index in [9.17, 15) is 4.79 Å². The molecule has 1 aromatic carbocycles. The molecular formula is C17H24N2O. The summed E-state index contributed by atoms with van der Waals surface area (Å²) in [5.41, 5.74) is 10.2. The Bertz CT molecular complexity index is 538. The smallest absolute Gasteiger partial charge is 0.221 e. The molecule has 1 amide bonds. The molecule has 0 unspecified atom stereocenters. The molecule has 1 aliphatic carbocycles. The van der Waals surface area contributed by atoms with Gasteiger partial charge in [0.1, 0.15) is 0 Å². The van der Waals surface area contributed by atoms with Crippen molar-refractivity contribution in [1.82, 2.24) is 0 Å². The maximum Gasteiger partial charge on any atom is 0.221 e. The largest absolute Gasteiger partial charge is 0.326 e. The quantitative estimate of drug-likeness (QED) is 0.879. The van der Waals surface area contributed by atoms with Crippen molar-refractivity contribution in [3.05, 3.63) is 35.4 Å². The molecule has 0 radical (unpaired) electrons. The van der Waals surface area contributed by atoms with Gasteiger partial charge >= 0.3 is 0 Å². The van der Waals surface area contributed by atoms with E-state index < -0.39 is 0 Å². The van der Waals surface area contributed by atoms with Gasteiger partial charge in [-0.3, -0.25) is 4.79 Å². The van der Waals surface area contributed by atoms with Crippen molar-refractivity contribution in [3.63, 3.8) is 0 Å². The lowest BCUT2D eigenvalue weighted by Gasteiger charge is -2.23. The number of benzene rings is 1. The van der Waals surface area contributed by atoms with E-state index in [4.69, 9.17) is 5.73 Å². The van der Waals surface area contributed by atoms with Gasteiger partial charge in [0.2, 0.25) is 5.91 Å². The second kappa shape index (κ2) is 5.80. The molecule has 0 fully saturated rings. The van der Waals surface area contributed by atoms with Gasteiger partial charge in [0, 0.05) is 23.7 Å². The molecule has 0 saturated heterocycles. The van der Waals surface area contributed by atoms with E-state index in [1.165, 1.54) is 18.4 Å². The lowest BCUT2D eigenvalue weighted by atomic mass is 9.87. The summed E-state index contributed by atoms with van der Waals surface area (Å²) in [4.78, 5) is 11.4. The molecule has 0 saturated carbocycles. The predicted molar refractivity (Wildman–Crippen MR) is 84.4 cm³/mol. The topological polar surface area (TPSA) is 55.1 Å². The van der Waals surface area contributed by atoms with E-state index >= 15 is 0 Å². The SMILES string of the molecule is CC(=O)Nc1ccc(C(C)(C)N)cc1C1=CCCCC1. The van der Waals surface area contributed by atoms with Crippen molar-refractivity contribution in [1.29, 1.82) is 0 Å². The minimum Gasteiger partial charge on any atom is -0.326 e. The summed E-state index contributed by atoms with van der Waals surface area (Å²) >= 11 is 0. The van der Waals surface area contributed by atoms with Crippen molar-refractivity contribution in [2.75, 3.05) is 5.32 Å². The fourth-order valence-corrected chi connectivity index (χ4v) is 2.59. The summed E-state index contributed by atoms with van der Waals surface area (Å²) in [6.07, 6.45) is 6.94. The third kappa shape index (κ3) is 3.48. The van der Waals surface area contributed by atoms with E-state index in [2.05, 4.69) is 17.5 Å². The number of nitrogens with one attached hydrogen (secondary N) is 1. The molecule has 0 bridgehead atoms. The molecular weight excluding hydrogens is 248 g/mol. The summed E-state index contributed by atoms with van der Waals surface area (Å²) in [5.74, 6) is -0.0394. The summed E-state index contributed by atoms with van der Waals surface area (Å²) in [6.45, 7) is 5.54. The molecule has 2 rings (SSSR count). The lowest BCUT2D eigenvalue weighted by molar-refractivity contribution is -0.114. The number of rotatable bonds is 3. The van der Waals surface area contributed by atoms with Crippen LogP contribution in [-0.4, -0.2) is 5.91 Å². The first-order valence-electron chi connectivity index (χ1n) is 7.28. The zero-order valence-electron chi connectivity index (χ0n) is 12.6. The Hall–Kier alpha value is -1.61. The Morgan fingerprint density at radius 3 is 2.60 bits per heavy atom. The molecule has 20 heavy (non-hydrogen) atoms. The third-order valence-corrected chi connectivity index (χ3v) is 3.71. The average molecular weight is 272 g/mol. The molecule has 3 N–H and O–H groups in total. The number of hydrogen-bond donors (Lipinski definition) is 2. The van der Waals surface area contributed by atoms with Crippen LogP contribution in [0.3, 0.4) is 0 Å². The molecule has 0 spiro atoms. The fourth-order valence-electron chi connectivity index (χ4n) is 2.59. The Balaban J connectivity index is 2.47. The highest BCUT2D eigenvalue weighted by Gasteiger charge is 2.18. The first kappa shape index (κ1) is 14.8. The third-order valence-electron chi connectivity index (χ3n) is 3.71. The molecule has 1 aromatic rings. The second-order valence-electron chi connectivity index (χ2n) is 6.14. The summed E-state index contributed by atoms with van der Waals surface area (Å²) in [7, 11) is 0. The van der Waals surface area contributed by atoms with Crippen LogP contribution in [0.1, 0.15) is 57.6 Å². The summed E-state index contributed by atoms with van der Waals surface area (Å²) < 4.78 is 0. The van der Waals surface area contributed by atoms with Gasteiger partial charge < -0.3 is 11.1 Å².